The normalized spacial score (nSPS) is 12.7. The maximum absolute atomic E-state index is 11.3. The van der Waals surface area contributed by atoms with Crippen molar-refractivity contribution in [1.29, 1.82) is 0 Å². The van der Waals surface area contributed by atoms with Crippen molar-refractivity contribution in [2.24, 2.45) is 11.7 Å². The third kappa shape index (κ3) is 3.72. The van der Waals surface area contributed by atoms with Gasteiger partial charge in [-0.3, -0.25) is 4.79 Å². The van der Waals surface area contributed by atoms with Gasteiger partial charge < -0.3 is 11.1 Å². The summed E-state index contributed by atoms with van der Waals surface area (Å²) in [4.78, 5) is 11.3. The van der Waals surface area contributed by atoms with Crippen LogP contribution in [0.15, 0.2) is 30.3 Å². The van der Waals surface area contributed by atoms with Gasteiger partial charge in [-0.2, -0.15) is 0 Å². The minimum absolute atomic E-state index is 0.332. The SMILES string of the molecule is CC(C)CNC(C(N)=O)c1ccccc1. The van der Waals surface area contributed by atoms with Gasteiger partial charge in [0.2, 0.25) is 5.91 Å². The molecule has 3 nitrogen and oxygen atoms in total. The van der Waals surface area contributed by atoms with E-state index in [0.29, 0.717) is 5.92 Å². The van der Waals surface area contributed by atoms with Crippen LogP contribution < -0.4 is 11.1 Å². The van der Waals surface area contributed by atoms with E-state index in [9.17, 15) is 4.79 Å². The molecule has 0 radical (unpaired) electrons. The number of nitrogens with one attached hydrogen (secondary N) is 1. The van der Waals surface area contributed by atoms with Gasteiger partial charge in [-0.25, -0.2) is 0 Å². The van der Waals surface area contributed by atoms with E-state index in [1.165, 1.54) is 0 Å². The highest BCUT2D eigenvalue weighted by molar-refractivity contribution is 5.81. The first-order valence-electron chi connectivity index (χ1n) is 5.19. The van der Waals surface area contributed by atoms with E-state index in [1.807, 2.05) is 30.3 Å². The lowest BCUT2D eigenvalue weighted by Crippen LogP contribution is -2.35. The van der Waals surface area contributed by atoms with Gasteiger partial charge >= 0.3 is 0 Å². The first-order chi connectivity index (χ1) is 7.11. The summed E-state index contributed by atoms with van der Waals surface area (Å²) >= 11 is 0. The molecule has 0 fully saturated rings. The van der Waals surface area contributed by atoms with Gasteiger partial charge in [-0.05, 0) is 18.0 Å². The second-order valence-corrected chi connectivity index (χ2v) is 4.05. The Hall–Kier alpha value is -1.35. The number of carbonyl (C=O) groups excluding carboxylic acids is 1. The highest BCUT2D eigenvalue weighted by Crippen LogP contribution is 2.11. The number of primary amides is 1. The van der Waals surface area contributed by atoms with Crippen LogP contribution >= 0.6 is 0 Å². The molecule has 1 aromatic carbocycles. The van der Waals surface area contributed by atoms with Crippen LogP contribution in [0.2, 0.25) is 0 Å². The van der Waals surface area contributed by atoms with Crippen LogP contribution in [0.4, 0.5) is 0 Å². The molecule has 1 rings (SSSR count). The zero-order chi connectivity index (χ0) is 11.3. The maximum Gasteiger partial charge on any atom is 0.239 e. The van der Waals surface area contributed by atoms with Crippen molar-refractivity contribution >= 4 is 5.91 Å². The lowest BCUT2D eigenvalue weighted by atomic mass is 10.1. The van der Waals surface area contributed by atoms with Crippen LogP contribution in [0.3, 0.4) is 0 Å². The maximum atomic E-state index is 11.3. The predicted octanol–water partition coefficient (Wildman–Crippen LogP) is 1.46. The first kappa shape index (κ1) is 11.7. The van der Waals surface area contributed by atoms with Gasteiger partial charge in [0.15, 0.2) is 0 Å². The van der Waals surface area contributed by atoms with Gasteiger partial charge in [-0.1, -0.05) is 44.2 Å². The summed E-state index contributed by atoms with van der Waals surface area (Å²) in [7, 11) is 0. The second kappa shape index (κ2) is 5.51. The van der Waals surface area contributed by atoms with Crippen molar-refractivity contribution in [2.75, 3.05) is 6.54 Å². The molecule has 82 valence electrons. The van der Waals surface area contributed by atoms with E-state index in [2.05, 4.69) is 19.2 Å². The molecule has 0 aliphatic carbocycles. The smallest absolute Gasteiger partial charge is 0.239 e. The number of hydrogen-bond acceptors (Lipinski definition) is 2. The molecule has 0 saturated heterocycles. The molecule has 3 N–H and O–H groups in total. The highest BCUT2D eigenvalue weighted by Gasteiger charge is 2.16. The summed E-state index contributed by atoms with van der Waals surface area (Å²) in [5, 5.41) is 3.16. The van der Waals surface area contributed by atoms with Gasteiger partial charge in [0, 0.05) is 0 Å². The Morgan fingerprint density at radius 1 is 1.33 bits per heavy atom. The van der Waals surface area contributed by atoms with Crippen LogP contribution in [0.5, 0.6) is 0 Å². The monoisotopic (exact) mass is 206 g/mol. The van der Waals surface area contributed by atoms with E-state index in [4.69, 9.17) is 5.73 Å². The average Bonchev–Trinajstić information content (AvgIpc) is 2.18. The Labute approximate surface area is 90.7 Å². The van der Waals surface area contributed by atoms with Crippen LogP contribution in [0.25, 0.3) is 0 Å². The van der Waals surface area contributed by atoms with Crippen LogP contribution in [0.1, 0.15) is 25.5 Å². The average molecular weight is 206 g/mol. The molecule has 3 heteroatoms. The van der Waals surface area contributed by atoms with Crippen molar-refractivity contribution in [2.45, 2.75) is 19.9 Å². The van der Waals surface area contributed by atoms with Crippen molar-refractivity contribution in [3.63, 3.8) is 0 Å². The first-order valence-corrected chi connectivity index (χ1v) is 5.19. The lowest BCUT2D eigenvalue weighted by molar-refractivity contribution is -0.120. The molecule has 0 aliphatic rings. The molecule has 0 spiro atoms. The quantitative estimate of drug-likeness (QED) is 0.766. The van der Waals surface area contributed by atoms with Crippen LogP contribution in [-0.4, -0.2) is 12.5 Å². The molecular weight excluding hydrogens is 188 g/mol. The molecule has 0 aromatic heterocycles. The molecule has 15 heavy (non-hydrogen) atoms. The number of nitrogens with two attached hydrogens (primary N) is 1. The minimum Gasteiger partial charge on any atom is -0.368 e. The zero-order valence-electron chi connectivity index (χ0n) is 9.23. The Kier molecular flexibility index (Phi) is 4.31. The molecule has 0 bridgehead atoms. The summed E-state index contributed by atoms with van der Waals surface area (Å²) in [6.07, 6.45) is 0. The molecule has 0 saturated carbocycles. The third-order valence-electron chi connectivity index (χ3n) is 2.15. The summed E-state index contributed by atoms with van der Waals surface area (Å²) < 4.78 is 0. The molecule has 1 unspecified atom stereocenters. The zero-order valence-corrected chi connectivity index (χ0v) is 9.23. The summed E-state index contributed by atoms with van der Waals surface area (Å²) in [6, 6.07) is 9.16. The number of hydrogen-bond donors (Lipinski definition) is 2. The predicted molar refractivity (Wildman–Crippen MR) is 61.2 cm³/mol. The fourth-order valence-electron chi connectivity index (χ4n) is 1.38. The topological polar surface area (TPSA) is 55.1 Å². The second-order valence-electron chi connectivity index (χ2n) is 4.05. The van der Waals surface area contributed by atoms with Crippen molar-refractivity contribution in [1.82, 2.24) is 5.32 Å². The van der Waals surface area contributed by atoms with E-state index in [-0.39, 0.29) is 11.9 Å². The molecule has 1 amide bonds. The van der Waals surface area contributed by atoms with Crippen LogP contribution in [-0.2, 0) is 4.79 Å². The van der Waals surface area contributed by atoms with E-state index in [1.54, 1.807) is 0 Å². The Morgan fingerprint density at radius 2 is 1.93 bits per heavy atom. The fourth-order valence-corrected chi connectivity index (χ4v) is 1.38. The minimum atomic E-state index is -0.381. The molecule has 1 aromatic rings. The van der Waals surface area contributed by atoms with Crippen molar-refractivity contribution in [3.8, 4) is 0 Å². The summed E-state index contributed by atoms with van der Waals surface area (Å²) in [6.45, 7) is 4.97. The molecule has 0 aliphatic heterocycles. The molecule has 0 heterocycles. The van der Waals surface area contributed by atoms with Gasteiger partial charge in [0.05, 0.1) is 0 Å². The number of benzene rings is 1. The fraction of sp³-hybridized carbons (Fsp3) is 0.417. The van der Waals surface area contributed by atoms with Crippen molar-refractivity contribution < 1.29 is 4.79 Å². The lowest BCUT2D eigenvalue weighted by Gasteiger charge is -2.17. The van der Waals surface area contributed by atoms with E-state index >= 15 is 0 Å². The Bertz CT molecular complexity index is 309. The van der Waals surface area contributed by atoms with Gasteiger partial charge in [0.1, 0.15) is 6.04 Å². The number of rotatable bonds is 5. The Morgan fingerprint density at radius 3 is 2.40 bits per heavy atom. The van der Waals surface area contributed by atoms with E-state index in [0.717, 1.165) is 12.1 Å². The van der Waals surface area contributed by atoms with Crippen LogP contribution in [0, 0.1) is 5.92 Å². The van der Waals surface area contributed by atoms with Crippen molar-refractivity contribution in [3.05, 3.63) is 35.9 Å². The van der Waals surface area contributed by atoms with Gasteiger partial charge in [0.25, 0.3) is 0 Å². The molecule has 1 atom stereocenters. The summed E-state index contributed by atoms with van der Waals surface area (Å²) in [5.74, 6) is 0.164. The Balaban J connectivity index is 2.71. The van der Waals surface area contributed by atoms with E-state index < -0.39 is 0 Å². The standard InChI is InChI=1S/C12H18N2O/c1-9(2)8-14-11(12(13)15)10-6-4-3-5-7-10/h3-7,9,11,14H,8H2,1-2H3,(H2,13,15). The largest absolute Gasteiger partial charge is 0.368 e. The van der Waals surface area contributed by atoms with Gasteiger partial charge in [-0.15, -0.1) is 0 Å². The third-order valence-corrected chi connectivity index (χ3v) is 2.15. The number of carbonyl (C=O) groups is 1. The summed E-state index contributed by atoms with van der Waals surface area (Å²) in [5.41, 5.74) is 6.28. The number of amides is 1. The highest BCUT2D eigenvalue weighted by atomic mass is 16.1. The molecular formula is C12H18N2O.